The Kier molecular flexibility index (Phi) is 6.94. The van der Waals surface area contributed by atoms with Crippen molar-refractivity contribution in [1.29, 1.82) is 0 Å². The van der Waals surface area contributed by atoms with Gasteiger partial charge in [0, 0.05) is 18.5 Å². The lowest BCUT2D eigenvalue weighted by molar-refractivity contribution is -0.137. The lowest BCUT2D eigenvalue weighted by Crippen LogP contribution is -2.47. The van der Waals surface area contributed by atoms with Gasteiger partial charge in [0.25, 0.3) is 0 Å². The fourth-order valence-corrected chi connectivity index (χ4v) is 2.53. The molecule has 2 aromatic rings. The average molecular weight is 345 g/mol. The van der Waals surface area contributed by atoms with Crippen molar-refractivity contribution in [2.75, 3.05) is 0 Å². The second-order valence-corrected chi connectivity index (χ2v) is 5.96. The van der Waals surface area contributed by atoms with E-state index >= 15 is 0 Å². The first-order chi connectivity index (χ1) is 12.0. The highest BCUT2D eigenvalue weighted by molar-refractivity contribution is 5.74. The van der Waals surface area contributed by atoms with Gasteiger partial charge in [0.15, 0.2) is 0 Å². The van der Waals surface area contributed by atoms with Crippen LogP contribution in [0.3, 0.4) is 0 Å². The fraction of sp³-hybridized carbons (Fsp3) is 0.412. The van der Waals surface area contributed by atoms with E-state index in [1.807, 2.05) is 37.3 Å². The smallest absolute Gasteiger partial charge is 0.315 e. The van der Waals surface area contributed by atoms with E-state index in [1.54, 1.807) is 11.0 Å². The molecule has 0 aliphatic rings. The molecule has 0 aliphatic carbocycles. The Balaban J connectivity index is 1.87. The van der Waals surface area contributed by atoms with Crippen molar-refractivity contribution in [1.82, 2.24) is 25.4 Å². The first kappa shape index (κ1) is 18.4. The highest BCUT2D eigenvalue weighted by Crippen LogP contribution is 2.08. The molecule has 2 unspecified atom stereocenters. The lowest BCUT2D eigenvalue weighted by Gasteiger charge is -2.21. The maximum atomic E-state index is 12.2. The molecular weight excluding hydrogens is 322 g/mol. The summed E-state index contributed by atoms with van der Waals surface area (Å²) in [4.78, 5) is 26.9. The van der Waals surface area contributed by atoms with Crippen LogP contribution in [0.1, 0.15) is 25.3 Å². The molecule has 1 aromatic heterocycles. The number of carboxylic acids is 1. The molecule has 0 radical (unpaired) electrons. The molecule has 0 saturated heterocycles. The number of benzene rings is 1. The number of aromatic nitrogens is 3. The van der Waals surface area contributed by atoms with Gasteiger partial charge in [-0.2, -0.15) is 5.10 Å². The van der Waals surface area contributed by atoms with Crippen molar-refractivity contribution in [3.63, 3.8) is 0 Å². The number of urea groups is 1. The Bertz CT molecular complexity index is 660. The molecule has 0 bridgehead atoms. The zero-order valence-corrected chi connectivity index (χ0v) is 14.1. The van der Waals surface area contributed by atoms with Crippen LogP contribution in [-0.2, 0) is 17.8 Å². The van der Waals surface area contributed by atoms with Crippen LogP contribution in [0.2, 0.25) is 0 Å². The number of nitrogens with zero attached hydrogens (tertiary/aromatic N) is 3. The molecule has 2 rings (SSSR count). The number of carbonyl (C=O) groups is 2. The summed E-state index contributed by atoms with van der Waals surface area (Å²) in [6.45, 7) is 2.37. The highest BCUT2D eigenvalue weighted by atomic mass is 16.4. The summed E-state index contributed by atoms with van der Waals surface area (Å²) < 4.78 is 1.64. The van der Waals surface area contributed by atoms with E-state index < -0.39 is 5.97 Å². The van der Waals surface area contributed by atoms with Gasteiger partial charge in [0.1, 0.15) is 12.7 Å². The van der Waals surface area contributed by atoms with Gasteiger partial charge in [-0.15, -0.1) is 0 Å². The predicted molar refractivity (Wildman–Crippen MR) is 92.0 cm³/mol. The zero-order valence-electron chi connectivity index (χ0n) is 14.1. The summed E-state index contributed by atoms with van der Waals surface area (Å²) in [5.74, 6) is -0.875. The van der Waals surface area contributed by atoms with Crippen LogP contribution in [0.25, 0.3) is 0 Å². The summed E-state index contributed by atoms with van der Waals surface area (Å²) in [5.41, 5.74) is 1.05. The molecule has 25 heavy (non-hydrogen) atoms. The van der Waals surface area contributed by atoms with E-state index in [2.05, 4.69) is 20.7 Å². The van der Waals surface area contributed by atoms with E-state index in [-0.39, 0.29) is 24.5 Å². The number of rotatable bonds is 9. The minimum Gasteiger partial charge on any atom is -0.481 e. The van der Waals surface area contributed by atoms with Gasteiger partial charge >= 0.3 is 12.0 Å². The lowest BCUT2D eigenvalue weighted by atomic mass is 10.0. The van der Waals surface area contributed by atoms with E-state index in [0.717, 1.165) is 5.56 Å². The third-order valence-corrected chi connectivity index (χ3v) is 3.67. The molecule has 8 nitrogen and oxygen atoms in total. The maximum absolute atomic E-state index is 12.2. The monoisotopic (exact) mass is 345 g/mol. The van der Waals surface area contributed by atoms with Crippen LogP contribution in [0, 0.1) is 0 Å². The summed E-state index contributed by atoms with van der Waals surface area (Å²) in [6, 6.07) is 8.96. The Labute approximate surface area is 146 Å². The number of amides is 2. The largest absolute Gasteiger partial charge is 0.481 e. The molecular formula is C17H23N5O3. The Morgan fingerprint density at radius 2 is 2.00 bits per heavy atom. The first-order valence-corrected chi connectivity index (χ1v) is 8.18. The summed E-state index contributed by atoms with van der Waals surface area (Å²) in [6.07, 6.45) is 3.98. The van der Waals surface area contributed by atoms with E-state index in [0.29, 0.717) is 19.4 Å². The molecule has 1 heterocycles. The topological polar surface area (TPSA) is 109 Å². The number of hydrogen-bond acceptors (Lipinski definition) is 4. The predicted octanol–water partition coefficient (Wildman–Crippen LogP) is 1.44. The Morgan fingerprint density at radius 3 is 2.64 bits per heavy atom. The van der Waals surface area contributed by atoms with Crippen LogP contribution in [0.5, 0.6) is 0 Å². The van der Waals surface area contributed by atoms with Gasteiger partial charge in [0.2, 0.25) is 0 Å². The first-order valence-electron chi connectivity index (χ1n) is 8.18. The Morgan fingerprint density at radius 1 is 1.24 bits per heavy atom. The third kappa shape index (κ3) is 7.03. The number of nitrogens with one attached hydrogen (secondary N) is 2. The van der Waals surface area contributed by atoms with Crippen LogP contribution < -0.4 is 10.6 Å². The van der Waals surface area contributed by atoms with Gasteiger partial charge in [0.05, 0.1) is 6.54 Å². The molecule has 3 N–H and O–H groups in total. The number of hydrogen-bond donors (Lipinski definition) is 3. The highest BCUT2D eigenvalue weighted by Gasteiger charge is 2.16. The van der Waals surface area contributed by atoms with Gasteiger partial charge in [-0.3, -0.25) is 9.48 Å². The SMILES string of the molecule is CC(Cn1cncn1)NC(=O)NC(CCC(=O)O)Cc1ccccc1. The fourth-order valence-electron chi connectivity index (χ4n) is 2.53. The van der Waals surface area contributed by atoms with Crippen LogP contribution >= 0.6 is 0 Å². The minimum atomic E-state index is -0.875. The van der Waals surface area contributed by atoms with Crippen LogP contribution in [-0.4, -0.2) is 44.0 Å². The molecule has 0 aliphatic heterocycles. The quantitative estimate of drug-likeness (QED) is 0.637. The van der Waals surface area contributed by atoms with E-state index in [9.17, 15) is 9.59 Å². The summed E-state index contributed by atoms with van der Waals surface area (Å²) in [7, 11) is 0. The second kappa shape index (κ2) is 9.41. The van der Waals surface area contributed by atoms with Crippen molar-refractivity contribution >= 4 is 12.0 Å². The summed E-state index contributed by atoms with van der Waals surface area (Å²) >= 11 is 0. The molecule has 2 amide bonds. The van der Waals surface area contributed by atoms with Crippen molar-refractivity contribution < 1.29 is 14.7 Å². The molecule has 0 fully saturated rings. The number of aliphatic carboxylic acids is 1. The Hall–Kier alpha value is -2.90. The molecule has 0 spiro atoms. The van der Waals surface area contributed by atoms with Gasteiger partial charge in [-0.1, -0.05) is 30.3 Å². The van der Waals surface area contributed by atoms with Crippen molar-refractivity contribution in [3.05, 3.63) is 48.5 Å². The number of carbonyl (C=O) groups excluding carboxylic acids is 1. The van der Waals surface area contributed by atoms with Gasteiger partial charge in [-0.25, -0.2) is 9.78 Å². The second-order valence-electron chi connectivity index (χ2n) is 5.96. The van der Waals surface area contributed by atoms with E-state index in [1.165, 1.54) is 6.33 Å². The van der Waals surface area contributed by atoms with Crippen molar-refractivity contribution in [2.45, 2.75) is 44.8 Å². The summed E-state index contributed by atoms with van der Waals surface area (Å²) in [5, 5.41) is 18.6. The molecule has 0 saturated carbocycles. The van der Waals surface area contributed by atoms with Crippen molar-refractivity contribution in [2.24, 2.45) is 0 Å². The average Bonchev–Trinajstić information content (AvgIpc) is 3.06. The molecule has 2 atom stereocenters. The molecule has 134 valence electrons. The minimum absolute atomic E-state index is 0.00624. The normalized spacial score (nSPS) is 13.0. The van der Waals surface area contributed by atoms with E-state index in [4.69, 9.17) is 5.11 Å². The number of carboxylic acid groups (broad SMARTS) is 1. The molecule has 1 aromatic carbocycles. The van der Waals surface area contributed by atoms with Crippen LogP contribution in [0.15, 0.2) is 43.0 Å². The van der Waals surface area contributed by atoms with Gasteiger partial charge < -0.3 is 15.7 Å². The zero-order chi connectivity index (χ0) is 18.1. The van der Waals surface area contributed by atoms with Crippen LogP contribution in [0.4, 0.5) is 4.79 Å². The maximum Gasteiger partial charge on any atom is 0.315 e. The standard InChI is InChI=1S/C17H23N5O3/c1-13(10-22-12-18-11-19-22)20-17(25)21-15(7-8-16(23)24)9-14-5-3-2-4-6-14/h2-6,11-13,15H,7-10H2,1H3,(H,23,24)(H2,20,21,25). The third-order valence-electron chi connectivity index (χ3n) is 3.67. The molecule has 8 heteroatoms. The van der Waals surface area contributed by atoms with Crippen molar-refractivity contribution in [3.8, 4) is 0 Å². The van der Waals surface area contributed by atoms with Gasteiger partial charge in [-0.05, 0) is 25.3 Å².